The number of hydrogen-bond donors (Lipinski definition) is 3. The number of hydrogen-bond acceptors (Lipinski definition) is 7. The van der Waals surface area contributed by atoms with Gasteiger partial charge in [-0.05, 0) is 57.2 Å². The van der Waals surface area contributed by atoms with Gasteiger partial charge in [-0.15, -0.1) is 0 Å². The number of anilines is 2. The van der Waals surface area contributed by atoms with E-state index in [9.17, 15) is 23.1 Å². The third-order valence-electron chi connectivity index (χ3n) is 5.99. The largest absolute Gasteiger partial charge is 0.480 e. The number of carbonyl (C=O) groups excluding carboxylic acids is 1. The number of thioether (sulfide) groups is 1. The molecule has 12 heteroatoms. The van der Waals surface area contributed by atoms with Crippen molar-refractivity contribution in [3.63, 3.8) is 0 Å². The summed E-state index contributed by atoms with van der Waals surface area (Å²) in [6.07, 6.45) is 7.43. The van der Waals surface area contributed by atoms with E-state index in [0.29, 0.717) is 34.0 Å². The van der Waals surface area contributed by atoms with Crippen LogP contribution in [0.5, 0.6) is 0 Å². The van der Waals surface area contributed by atoms with Gasteiger partial charge in [0, 0.05) is 18.8 Å². The highest BCUT2D eigenvalue weighted by molar-refractivity contribution is 8.03. The number of urea groups is 1. The van der Waals surface area contributed by atoms with E-state index in [-0.39, 0.29) is 4.90 Å². The smallest absolute Gasteiger partial charge is 0.328 e. The van der Waals surface area contributed by atoms with Crippen molar-refractivity contribution >= 4 is 55.9 Å². The van der Waals surface area contributed by atoms with Crippen molar-refractivity contribution < 1.29 is 23.1 Å². The fraction of sp³-hybridized carbons (Fsp3) is 0.542. The van der Waals surface area contributed by atoms with Crippen molar-refractivity contribution in [3.8, 4) is 0 Å². The Morgan fingerprint density at radius 2 is 2.00 bits per heavy atom. The first-order valence-corrected chi connectivity index (χ1v) is 15.2. The second-order valence-electron chi connectivity index (χ2n) is 9.34. The normalized spacial score (nSPS) is 14.6. The molecule has 198 valence electrons. The van der Waals surface area contributed by atoms with Crippen LogP contribution in [-0.4, -0.2) is 48.3 Å². The number of rotatable bonds is 12. The van der Waals surface area contributed by atoms with Crippen LogP contribution in [0.1, 0.15) is 59.3 Å². The number of nitrogens with zero attached hydrogens (tertiary/aromatic N) is 2. The molecule has 1 saturated carbocycles. The van der Waals surface area contributed by atoms with Crippen LogP contribution in [-0.2, 0) is 14.8 Å². The standard InChI is InChI=1S/C24H34N4O5S3/c1-4-5-13-26-36(32,33)19-12-8-11-18(14-19)28(16-17-9-6-7-10-17)23(31)27-22-25-15-20(34-22)35-24(2,3)21(29)30/h8,11-12,14-15,17,26H,4-7,9-10,13,16H2,1-3H3,(H,29,30)(H,25,27,31). The van der Waals surface area contributed by atoms with Gasteiger partial charge >= 0.3 is 12.0 Å². The topological polar surface area (TPSA) is 129 Å². The van der Waals surface area contributed by atoms with Gasteiger partial charge in [-0.2, -0.15) is 0 Å². The molecule has 1 aliphatic carbocycles. The first-order valence-electron chi connectivity index (χ1n) is 12.1. The van der Waals surface area contributed by atoms with Crippen molar-refractivity contribution in [1.29, 1.82) is 0 Å². The minimum absolute atomic E-state index is 0.115. The number of nitrogens with one attached hydrogen (secondary N) is 2. The molecule has 3 rings (SSSR count). The Bertz CT molecular complexity index is 1160. The highest BCUT2D eigenvalue weighted by Crippen LogP contribution is 2.38. The Morgan fingerprint density at radius 3 is 2.67 bits per heavy atom. The number of aromatic nitrogens is 1. The summed E-state index contributed by atoms with van der Waals surface area (Å²) in [6, 6.07) is 6.03. The molecule has 2 aromatic rings. The Kier molecular flexibility index (Phi) is 9.79. The second-order valence-corrected chi connectivity index (χ2v) is 14.1. The van der Waals surface area contributed by atoms with Crippen LogP contribution in [0.25, 0.3) is 0 Å². The lowest BCUT2D eigenvalue weighted by Crippen LogP contribution is -2.38. The molecule has 1 heterocycles. The number of unbranched alkanes of at least 4 members (excludes halogenated alkanes) is 1. The lowest BCUT2D eigenvalue weighted by molar-refractivity contribution is -0.138. The van der Waals surface area contributed by atoms with E-state index in [2.05, 4.69) is 15.0 Å². The number of benzene rings is 1. The second kappa shape index (κ2) is 12.4. The van der Waals surface area contributed by atoms with Crippen LogP contribution in [0.3, 0.4) is 0 Å². The molecule has 0 aliphatic heterocycles. The predicted molar refractivity (Wildman–Crippen MR) is 145 cm³/mol. The van der Waals surface area contributed by atoms with E-state index >= 15 is 0 Å². The summed E-state index contributed by atoms with van der Waals surface area (Å²) in [6.45, 7) is 6.04. The Labute approximate surface area is 221 Å². The molecule has 1 fully saturated rings. The summed E-state index contributed by atoms with van der Waals surface area (Å²) in [7, 11) is -3.69. The summed E-state index contributed by atoms with van der Waals surface area (Å²) < 4.78 is 27.8. The average molecular weight is 555 g/mol. The lowest BCUT2D eigenvalue weighted by Gasteiger charge is -2.26. The number of aliphatic carboxylic acids is 1. The predicted octanol–water partition coefficient (Wildman–Crippen LogP) is 5.41. The summed E-state index contributed by atoms with van der Waals surface area (Å²) in [5, 5.41) is 12.5. The molecule has 0 spiro atoms. The molecule has 0 radical (unpaired) electrons. The molecule has 1 aliphatic rings. The summed E-state index contributed by atoms with van der Waals surface area (Å²) in [5.41, 5.74) is 0.496. The van der Waals surface area contributed by atoms with Crippen LogP contribution in [0.4, 0.5) is 15.6 Å². The highest BCUT2D eigenvalue weighted by atomic mass is 32.2. The van der Waals surface area contributed by atoms with Gasteiger partial charge in [0.25, 0.3) is 0 Å². The number of carboxylic acid groups (broad SMARTS) is 1. The molecule has 0 saturated heterocycles. The van der Waals surface area contributed by atoms with E-state index in [0.717, 1.165) is 50.3 Å². The number of carbonyl (C=O) groups is 2. The number of sulfonamides is 1. The SMILES string of the molecule is CCCCNS(=O)(=O)c1cccc(N(CC2CCCC2)C(=O)Nc2ncc(SC(C)(C)C(=O)O)s2)c1. The highest BCUT2D eigenvalue weighted by Gasteiger charge is 2.30. The zero-order valence-electron chi connectivity index (χ0n) is 20.8. The quantitative estimate of drug-likeness (QED) is 0.236. The first-order chi connectivity index (χ1) is 17.0. The van der Waals surface area contributed by atoms with Gasteiger partial charge in [0.1, 0.15) is 4.75 Å². The molecule has 1 aromatic heterocycles. The van der Waals surface area contributed by atoms with Crippen molar-refractivity contribution in [1.82, 2.24) is 9.71 Å². The van der Waals surface area contributed by atoms with Crippen LogP contribution < -0.4 is 14.9 Å². The van der Waals surface area contributed by atoms with Crippen LogP contribution >= 0.6 is 23.1 Å². The third-order valence-corrected chi connectivity index (χ3v) is 9.65. The average Bonchev–Trinajstić information content (AvgIpc) is 3.49. The zero-order valence-corrected chi connectivity index (χ0v) is 23.3. The van der Waals surface area contributed by atoms with Gasteiger partial charge in [0.2, 0.25) is 10.0 Å². The summed E-state index contributed by atoms with van der Waals surface area (Å²) in [4.78, 5) is 30.8. The van der Waals surface area contributed by atoms with Gasteiger partial charge in [-0.25, -0.2) is 22.9 Å². The fourth-order valence-corrected chi connectivity index (χ4v) is 7.24. The molecule has 1 aromatic carbocycles. The molecule has 0 atom stereocenters. The van der Waals surface area contributed by atoms with Gasteiger partial charge in [-0.3, -0.25) is 15.0 Å². The van der Waals surface area contributed by atoms with Crippen molar-refractivity contribution in [2.75, 3.05) is 23.3 Å². The van der Waals surface area contributed by atoms with Gasteiger partial charge in [-0.1, -0.05) is 55.4 Å². The zero-order chi connectivity index (χ0) is 26.3. The molecular formula is C24H34N4O5S3. The Morgan fingerprint density at radius 1 is 1.28 bits per heavy atom. The van der Waals surface area contributed by atoms with E-state index in [1.807, 2.05) is 6.92 Å². The Balaban J connectivity index is 1.81. The van der Waals surface area contributed by atoms with Gasteiger partial charge in [0.05, 0.1) is 15.3 Å². The van der Waals surface area contributed by atoms with Gasteiger partial charge in [0.15, 0.2) is 5.13 Å². The van der Waals surface area contributed by atoms with E-state index in [1.165, 1.54) is 23.5 Å². The van der Waals surface area contributed by atoms with Crippen molar-refractivity contribution in [3.05, 3.63) is 30.5 Å². The number of amides is 2. The monoisotopic (exact) mass is 554 g/mol. The lowest BCUT2D eigenvalue weighted by atomic mass is 10.1. The maximum absolute atomic E-state index is 13.4. The minimum atomic E-state index is -3.69. The molecule has 9 nitrogen and oxygen atoms in total. The number of carboxylic acids is 1. The molecule has 3 N–H and O–H groups in total. The molecule has 0 bridgehead atoms. The van der Waals surface area contributed by atoms with Crippen LogP contribution in [0.15, 0.2) is 39.6 Å². The molecular weight excluding hydrogens is 520 g/mol. The van der Waals surface area contributed by atoms with Gasteiger partial charge < -0.3 is 5.11 Å². The maximum Gasteiger partial charge on any atom is 0.328 e. The summed E-state index contributed by atoms with van der Waals surface area (Å²) >= 11 is 2.37. The van der Waals surface area contributed by atoms with Crippen LogP contribution in [0.2, 0.25) is 0 Å². The van der Waals surface area contributed by atoms with E-state index in [4.69, 9.17) is 0 Å². The number of thiazole rings is 1. The third kappa shape index (κ3) is 7.67. The van der Waals surface area contributed by atoms with Crippen molar-refractivity contribution in [2.24, 2.45) is 5.92 Å². The Hall–Kier alpha value is -2.15. The van der Waals surface area contributed by atoms with Crippen LogP contribution in [0, 0.1) is 5.92 Å². The maximum atomic E-state index is 13.4. The minimum Gasteiger partial charge on any atom is -0.480 e. The molecule has 36 heavy (non-hydrogen) atoms. The fourth-order valence-electron chi connectivity index (χ4n) is 3.86. The summed E-state index contributed by atoms with van der Waals surface area (Å²) in [5.74, 6) is -0.606. The van der Waals surface area contributed by atoms with E-state index in [1.54, 1.807) is 37.1 Å². The molecule has 0 unspecified atom stereocenters. The van der Waals surface area contributed by atoms with Crippen molar-refractivity contribution in [2.45, 2.75) is 73.1 Å². The van der Waals surface area contributed by atoms with E-state index < -0.39 is 26.8 Å². The first kappa shape index (κ1) is 28.4. The molecule has 2 amide bonds.